The van der Waals surface area contributed by atoms with Gasteiger partial charge in [-0.25, -0.2) is 13.2 Å². The highest BCUT2D eigenvalue weighted by molar-refractivity contribution is 7.89. The molecule has 0 saturated heterocycles. The number of aryl methyl sites for hydroxylation is 1. The van der Waals surface area contributed by atoms with Crippen LogP contribution >= 0.6 is 0 Å². The van der Waals surface area contributed by atoms with Crippen molar-refractivity contribution in [3.8, 4) is 0 Å². The van der Waals surface area contributed by atoms with E-state index < -0.39 is 9.84 Å². The van der Waals surface area contributed by atoms with Gasteiger partial charge in [0.1, 0.15) is 0 Å². The van der Waals surface area contributed by atoms with Crippen LogP contribution in [0.25, 0.3) is 0 Å². The molecule has 1 aromatic heterocycles. The minimum Gasteiger partial charge on any atom is -0.337 e. The number of sulfone groups is 1. The molecule has 0 unspecified atom stereocenters. The molecule has 0 aliphatic carbocycles. The van der Waals surface area contributed by atoms with Crippen LogP contribution in [0.5, 0.6) is 0 Å². The number of amides is 2. The molecule has 2 N–H and O–H groups in total. The molecule has 0 radical (unpaired) electrons. The van der Waals surface area contributed by atoms with Crippen molar-refractivity contribution >= 4 is 21.6 Å². The molecular weight excluding hydrogens is 352 g/mol. The van der Waals surface area contributed by atoms with E-state index in [2.05, 4.69) is 29.6 Å². The van der Waals surface area contributed by atoms with Crippen molar-refractivity contribution in [3.63, 3.8) is 0 Å². The number of hydrogen-bond acceptors (Lipinski definition) is 4. The summed E-state index contributed by atoms with van der Waals surface area (Å²) in [5.74, 6) is 0.329. The second-order valence-corrected chi connectivity index (χ2v) is 8.93. The van der Waals surface area contributed by atoms with Crippen LogP contribution in [0.2, 0.25) is 0 Å². The number of nitrogens with zero attached hydrogens (tertiary/aromatic N) is 2. The van der Waals surface area contributed by atoms with Crippen molar-refractivity contribution in [3.05, 3.63) is 47.8 Å². The maximum Gasteiger partial charge on any atom is 0.319 e. The molecule has 142 valence electrons. The summed E-state index contributed by atoms with van der Waals surface area (Å²) in [6.45, 7) is 4.65. The first-order valence-corrected chi connectivity index (χ1v) is 10.5. The Morgan fingerprint density at radius 1 is 1.23 bits per heavy atom. The first-order chi connectivity index (χ1) is 12.2. The highest BCUT2D eigenvalue weighted by Crippen LogP contribution is 2.23. The summed E-state index contributed by atoms with van der Waals surface area (Å²) >= 11 is 0. The molecule has 0 aliphatic heterocycles. The van der Waals surface area contributed by atoms with Crippen molar-refractivity contribution in [2.24, 2.45) is 13.0 Å². The molecule has 0 aliphatic rings. The van der Waals surface area contributed by atoms with E-state index in [1.807, 2.05) is 17.8 Å². The van der Waals surface area contributed by atoms with Crippen molar-refractivity contribution in [2.45, 2.75) is 25.5 Å². The number of urea groups is 1. The fourth-order valence-electron chi connectivity index (χ4n) is 2.85. The summed E-state index contributed by atoms with van der Waals surface area (Å²) in [5.41, 5.74) is 2.12. The maximum absolute atomic E-state index is 12.3. The third-order valence-corrected chi connectivity index (χ3v) is 5.04. The standard InChI is InChI=1S/C18H26N4O3S/c1-13(2)15(17-9-10-20-22(17)3)11-19-18(23)21-16-8-6-5-7-14(16)12-26(4,24)25/h5-10,13,15H,11-12H2,1-4H3,(H2,19,21,23)/t15-/m1/s1. The molecule has 8 heteroatoms. The minimum atomic E-state index is -3.19. The molecule has 7 nitrogen and oxygen atoms in total. The summed E-state index contributed by atoms with van der Waals surface area (Å²) in [6.07, 6.45) is 2.91. The van der Waals surface area contributed by atoms with Crippen LogP contribution in [0.1, 0.15) is 31.0 Å². The SMILES string of the molecule is CC(C)[C@@H](CNC(=O)Nc1ccccc1CS(C)(=O)=O)c1ccnn1C. The number of hydrogen-bond donors (Lipinski definition) is 2. The fraction of sp³-hybridized carbons (Fsp3) is 0.444. The largest absolute Gasteiger partial charge is 0.337 e. The Morgan fingerprint density at radius 2 is 1.92 bits per heavy atom. The van der Waals surface area contributed by atoms with E-state index in [9.17, 15) is 13.2 Å². The van der Waals surface area contributed by atoms with Gasteiger partial charge in [-0.05, 0) is 23.6 Å². The van der Waals surface area contributed by atoms with Gasteiger partial charge in [0.25, 0.3) is 0 Å². The molecule has 1 heterocycles. The Labute approximate surface area is 154 Å². The Morgan fingerprint density at radius 3 is 2.50 bits per heavy atom. The van der Waals surface area contributed by atoms with Gasteiger partial charge in [0.15, 0.2) is 9.84 Å². The lowest BCUT2D eigenvalue weighted by atomic mass is 9.92. The first-order valence-electron chi connectivity index (χ1n) is 8.45. The zero-order chi connectivity index (χ0) is 19.3. The third-order valence-electron chi connectivity index (χ3n) is 4.21. The summed E-state index contributed by atoms with van der Waals surface area (Å²) < 4.78 is 24.9. The van der Waals surface area contributed by atoms with Gasteiger partial charge < -0.3 is 10.6 Å². The molecular formula is C18H26N4O3S. The van der Waals surface area contributed by atoms with E-state index in [0.29, 0.717) is 23.7 Å². The molecule has 0 fully saturated rings. The van der Waals surface area contributed by atoms with E-state index in [0.717, 1.165) is 5.69 Å². The average molecular weight is 378 g/mol. The van der Waals surface area contributed by atoms with Gasteiger partial charge in [-0.15, -0.1) is 0 Å². The quantitative estimate of drug-likeness (QED) is 0.774. The highest BCUT2D eigenvalue weighted by atomic mass is 32.2. The van der Waals surface area contributed by atoms with Gasteiger partial charge >= 0.3 is 6.03 Å². The maximum atomic E-state index is 12.3. The zero-order valence-corrected chi connectivity index (χ0v) is 16.4. The topological polar surface area (TPSA) is 93.1 Å². The number of nitrogens with one attached hydrogen (secondary N) is 2. The van der Waals surface area contributed by atoms with Crippen molar-refractivity contribution < 1.29 is 13.2 Å². The zero-order valence-electron chi connectivity index (χ0n) is 15.6. The van der Waals surface area contributed by atoms with Crippen LogP contribution < -0.4 is 10.6 Å². The van der Waals surface area contributed by atoms with E-state index in [1.54, 1.807) is 30.5 Å². The molecule has 2 aromatic rings. The normalized spacial score (nSPS) is 12.8. The van der Waals surface area contributed by atoms with Crippen LogP contribution in [-0.2, 0) is 22.6 Å². The number of rotatable bonds is 7. The summed E-state index contributed by atoms with van der Waals surface area (Å²) in [5, 5.41) is 9.82. The number of aromatic nitrogens is 2. The van der Waals surface area contributed by atoms with Crippen LogP contribution in [0.3, 0.4) is 0 Å². The lowest BCUT2D eigenvalue weighted by Crippen LogP contribution is -2.34. The molecule has 2 amide bonds. The van der Waals surface area contributed by atoms with Gasteiger partial charge in [0.05, 0.1) is 5.75 Å². The Kier molecular flexibility index (Phi) is 6.42. The molecule has 1 atom stereocenters. The summed E-state index contributed by atoms with van der Waals surface area (Å²) in [7, 11) is -1.31. The number of carbonyl (C=O) groups is 1. The smallest absolute Gasteiger partial charge is 0.319 e. The van der Waals surface area contributed by atoms with Gasteiger partial charge in [-0.2, -0.15) is 5.10 Å². The van der Waals surface area contributed by atoms with Gasteiger partial charge in [-0.1, -0.05) is 32.0 Å². The Hall–Kier alpha value is -2.35. The number of carbonyl (C=O) groups excluding carboxylic acids is 1. The van der Waals surface area contributed by atoms with Crippen molar-refractivity contribution in [2.75, 3.05) is 18.1 Å². The second-order valence-electron chi connectivity index (χ2n) is 6.79. The van der Waals surface area contributed by atoms with Crippen LogP contribution in [0, 0.1) is 5.92 Å². The van der Waals surface area contributed by atoms with Crippen LogP contribution in [0.15, 0.2) is 36.5 Å². The third kappa shape index (κ3) is 5.59. The molecule has 26 heavy (non-hydrogen) atoms. The summed E-state index contributed by atoms with van der Waals surface area (Å²) in [4.78, 5) is 12.3. The monoisotopic (exact) mass is 378 g/mol. The van der Waals surface area contributed by atoms with Crippen LogP contribution in [-0.4, -0.2) is 37.0 Å². The van der Waals surface area contributed by atoms with Crippen LogP contribution in [0.4, 0.5) is 10.5 Å². The van der Waals surface area contributed by atoms with E-state index in [-0.39, 0.29) is 17.7 Å². The highest BCUT2D eigenvalue weighted by Gasteiger charge is 2.20. The lowest BCUT2D eigenvalue weighted by Gasteiger charge is -2.22. The van der Waals surface area contributed by atoms with Crippen molar-refractivity contribution in [1.29, 1.82) is 0 Å². The van der Waals surface area contributed by atoms with E-state index >= 15 is 0 Å². The minimum absolute atomic E-state index is 0.118. The average Bonchev–Trinajstić information content (AvgIpc) is 2.94. The van der Waals surface area contributed by atoms with E-state index in [1.165, 1.54) is 6.26 Å². The molecule has 0 bridgehead atoms. The fourth-order valence-corrected chi connectivity index (χ4v) is 3.67. The molecule has 0 saturated carbocycles. The predicted molar refractivity (Wildman–Crippen MR) is 103 cm³/mol. The second kappa shape index (κ2) is 8.35. The predicted octanol–water partition coefficient (Wildman–Crippen LogP) is 2.53. The van der Waals surface area contributed by atoms with E-state index in [4.69, 9.17) is 0 Å². The van der Waals surface area contributed by atoms with Gasteiger partial charge in [0.2, 0.25) is 0 Å². The number of benzene rings is 1. The molecule has 0 spiro atoms. The Balaban J connectivity index is 2.04. The molecule has 1 aromatic carbocycles. The van der Waals surface area contributed by atoms with Gasteiger partial charge in [-0.3, -0.25) is 4.68 Å². The Bertz CT molecular complexity index is 859. The lowest BCUT2D eigenvalue weighted by molar-refractivity contribution is 0.250. The molecule has 2 rings (SSSR count). The van der Waals surface area contributed by atoms with Crippen molar-refractivity contribution in [1.82, 2.24) is 15.1 Å². The first kappa shape index (κ1) is 20.0. The van der Waals surface area contributed by atoms with Gasteiger partial charge in [0, 0.05) is 43.3 Å². The summed E-state index contributed by atoms with van der Waals surface area (Å²) in [6, 6.07) is 8.49. The number of anilines is 1. The number of para-hydroxylation sites is 1.